The summed E-state index contributed by atoms with van der Waals surface area (Å²) in [6.45, 7) is 6.03. The van der Waals surface area contributed by atoms with Crippen LogP contribution in [0.15, 0.2) is 65.1 Å². The monoisotopic (exact) mass is 456 g/mol. The molecule has 3 aliphatic rings. The average molecular weight is 457 g/mol. The van der Waals surface area contributed by atoms with Crippen molar-refractivity contribution in [2.45, 2.75) is 45.4 Å². The minimum Gasteiger partial charge on any atom is -0.384 e. The molecule has 2 aromatic rings. The predicted molar refractivity (Wildman–Crippen MR) is 127 cm³/mol. The molecule has 0 aromatic heterocycles. The van der Waals surface area contributed by atoms with E-state index in [-0.39, 0.29) is 40.1 Å². The van der Waals surface area contributed by atoms with Crippen LogP contribution in [0.4, 0.5) is 15.8 Å². The maximum atomic E-state index is 14.4. The SMILES string of the molecule is CCc1ccc(N2C(N)=C(C#N)[C@@]3(C(=O)Nc4ccc(F)cc43)C3=C2CC(C)(C)CC3=O)cc1. The fraction of sp³-hybridized carbons (Fsp3) is 0.296. The third kappa shape index (κ3) is 2.84. The molecule has 1 spiro atoms. The zero-order valence-corrected chi connectivity index (χ0v) is 19.3. The van der Waals surface area contributed by atoms with Gasteiger partial charge in [0.2, 0.25) is 5.91 Å². The molecule has 3 N–H and O–H groups in total. The van der Waals surface area contributed by atoms with Crippen LogP contribution >= 0.6 is 0 Å². The number of benzene rings is 2. The van der Waals surface area contributed by atoms with E-state index in [2.05, 4.69) is 18.3 Å². The molecule has 172 valence electrons. The third-order valence-electron chi connectivity index (χ3n) is 7.06. The van der Waals surface area contributed by atoms with Crippen LogP contribution in [-0.2, 0) is 21.4 Å². The quantitative estimate of drug-likeness (QED) is 0.696. The number of aryl methyl sites for hydroxylation is 1. The number of halogens is 1. The number of anilines is 2. The average Bonchev–Trinajstić information content (AvgIpc) is 3.05. The molecule has 34 heavy (non-hydrogen) atoms. The van der Waals surface area contributed by atoms with Gasteiger partial charge in [0.25, 0.3) is 0 Å². The molecule has 0 radical (unpaired) electrons. The third-order valence-corrected chi connectivity index (χ3v) is 7.06. The lowest BCUT2D eigenvalue weighted by atomic mass is 9.60. The Labute approximate surface area is 197 Å². The first kappa shape index (κ1) is 21.9. The molecular formula is C27H25FN4O2. The number of nitrogens with two attached hydrogens (primary N) is 1. The van der Waals surface area contributed by atoms with Crippen LogP contribution in [-0.4, -0.2) is 11.7 Å². The van der Waals surface area contributed by atoms with Crippen molar-refractivity contribution >= 4 is 23.1 Å². The zero-order chi connectivity index (χ0) is 24.4. The molecule has 0 saturated heterocycles. The van der Waals surface area contributed by atoms with Gasteiger partial charge in [-0.1, -0.05) is 32.9 Å². The number of allylic oxidation sites excluding steroid dienone is 1. The summed E-state index contributed by atoms with van der Waals surface area (Å²) in [6, 6.07) is 13.8. The van der Waals surface area contributed by atoms with E-state index in [1.807, 2.05) is 38.1 Å². The van der Waals surface area contributed by atoms with Gasteiger partial charge in [0.05, 0.1) is 5.57 Å². The summed E-state index contributed by atoms with van der Waals surface area (Å²) in [7, 11) is 0. The second kappa shape index (κ2) is 7.29. The van der Waals surface area contributed by atoms with Crippen LogP contribution in [0.25, 0.3) is 0 Å². The predicted octanol–water partition coefficient (Wildman–Crippen LogP) is 4.44. The highest BCUT2D eigenvalue weighted by atomic mass is 19.1. The number of Topliss-reactive ketones (excluding diaryl/α,β-unsaturated/α-hetero) is 1. The van der Waals surface area contributed by atoms with Crippen molar-refractivity contribution in [2.24, 2.45) is 11.1 Å². The van der Waals surface area contributed by atoms with Gasteiger partial charge in [-0.3, -0.25) is 14.5 Å². The number of fused-ring (bicyclic) bond motifs is 3. The second-order valence-electron chi connectivity index (χ2n) is 9.88. The Morgan fingerprint density at radius 2 is 1.85 bits per heavy atom. The highest BCUT2D eigenvalue weighted by Gasteiger charge is 2.61. The smallest absolute Gasteiger partial charge is 0.245 e. The first-order valence-corrected chi connectivity index (χ1v) is 11.3. The van der Waals surface area contributed by atoms with Gasteiger partial charge >= 0.3 is 0 Å². The number of amides is 1. The first-order valence-electron chi connectivity index (χ1n) is 11.3. The molecule has 2 aromatic carbocycles. The van der Waals surface area contributed by atoms with Crippen molar-refractivity contribution in [3.63, 3.8) is 0 Å². The minimum atomic E-state index is -1.78. The summed E-state index contributed by atoms with van der Waals surface area (Å²) >= 11 is 0. The maximum absolute atomic E-state index is 14.4. The molecule has 0 unspecified atom stereocenters. The number of carbonyl (C=O) groups excluding carboxylic acids is 2. The summed E-state index contributed by atoms with van der Waals surface area (Å²) in [4.78, 5) is 29.1. The number of carbonyl (C=O) groups is 2. The molecule has 2 aliphatic heterocycles. The highest BCUT2D eigenvalue weighted by molar-refractivity contribution is 6.20. The first-order chi connectivity index (χ1) is 16.1. The van der Waals surface area contributed by atoms with Gasteiger partial charge in [-0.05, 0) is 54.2 Å². The Kier molecular flexibility index (Phi) is 4.70. The summed E-state index contributed by atoms with van der Waals surface area (Å²) < 4.78 is 14.4. The van der Waals surface area contributed by atoms with Gasteiger partial charge in [-0.2, -0.15) is 5.26 Å². The van der Waals surface area contributed by atoms with E-state index in [0.717, 1.165) is 12.0 Å². The number of hydrogen-bond acceptors (Lipinski definition) is 5. The van der Waals surface area contributed by atoms with Crippen molar-refractivity contribution in [3.05, 3.63) is 82.1 Å². The molecule has 1 atom stereocenters. The lowest BCUT2D eigenvalue weighted by Crippen LogP contribution is -2.52. The van der Waals surface area contributed by atoms with Gasteiger partial charge in [0, 0.05) is 34.6 Å². The molecule has 2 heterocycles. The molecular weight excluding hydrogens is 431 g/mol. The van der Waals surface area contributed by atoms with E-state index in [4.69, 9.17) is 5.73 Å². The minimum absolute atomic E-state index is 0.0688. The zero-order valence-electron chi connectivity index (χ0n) is 19.3. The molecule has 5 rings (SSSR count). The van der Waals surface area contributed by atoms with E-state index in [1.165, 1.54) is 18.2 Å². The Balaban J connectivity index is 1.87. The molecule has 0 bridgehead atoms. The van der Waals surface area contributed by atoms with Crippen LogP contribution in [0, 0.1) is 22.6 Å². The molecule has 0 fully saturated rings. The van der Waals surface area contributed by atoms with Crippen molar-refractivity contribution < 1.29 is 14.0 Å². The van der Waals surface area contributed by atoms with Crippen LogP contribution in [0.1, 0.15) is 44.7 Å². The molecule has 1 amide bonds. The van der Waals surface area contributed by atoms with Crippen LogP contribution < -0.4 is 16.0 Å². The fourth-order valence-corrected chi connectivity index (χ4v) is 5.57. The van der Waals surface area contributed by atoms with E-state index in [9.17, 15) is 19.2 Å². The lowest BCUT2D eigenvalue weighted by Gasteiger charge is -2.46. The standard InChI is InChI=1S/C27H25FN4O2/c1-4-15-5-8-17(9-6-15)32-21-12-26(2,3)13-22(33)23(21)27(19(14-29)24(32)30)18-11-16(28)7-10-20(18)31-25(27)34/h5-11H,4,12-13,30H2,1-3H3,(H,31,34)/t27-/m1/s1. The normalized spacial score (nSPS) is 23.1. The van der Waals surface area contributed by atoms with Crippen molar-refractivity contribution in [1.29, 1.82) is 5.26 Å². The topological polar surface area (TPSA) is 99.2 Å². The van der Waals surface area contributed by atoms with Gasteiger partial charge in [-0.25, -0.2) is 4.39 Å². The van der Waals surface area contributed by atoms with Crippen molar-refractivity contribution in [2.75, 3.05) is 10.2 Å². The molecule has 0 saturated carbocycles. The summed E-state index contributed by atoms with van der Waals surface area (Å²) in [5.41, 5.74) is 7.66. The van der Waals surface area contributed by atoms with Crippen LogP contribution in [0.2, 0.25) is 0 Å². The summed E-state index contributed by atoms with van der Waals surface area (Å²) in [6.07, 6.45) is 1.52. The number of rotatable bonds is 2. The number of hydrogen-bond donors (Lipinski definition) is 2. The largest absolute Gasteiger partial charge is 0.384 e. The number of nitriles is 1. The molecule has 6 nitrogen and oxygen atoms in total. The van der Waals surface area contributed by atoms with E-state index in [0.29, 0.717) is 23.5 Å². The molecule has 7 heteroatoms. The van der Waals surface area contributed by atoms with Crippen LogP contribution in [0.5, 0.6) is 0 Å². The number of ketones is 1. The van der Waals surface area contributed by atoms with Gasteiger partial charge in [-0.15, -0.1) is 0 Å². The van der Waals surface area contributed by atoms with Crippen molar-refractivity contribution in [1.82, 2.24) is 0 Å². The highest BCUT2D eigenvalue weighted by Crippen LogP contribution is 2.57. The van der Waals surface area contributed by atoms with Crippen molar-refractivity contribution in [3.8, 4) is 6.07 Å². The van der Waals surface area contributed by atoms with E-state index in [1.54, 1.807) is 4.90 Å². The Morgan fingerprint density at radius 3 is 2.50 bits per heavy atom. The summed E-state index contributed by atoms with van der Waals surface area (Å²) in [5.74, 6) is -1.29. The van der Waals surface area contributed by atoms with Crippen LogP contribution in [0.3, 0.4) is 0 Å². The number of nitrogens with one attached hydrogen (secondary N) is 1. The Morgan fingerprint density at radius 1 is 1.15 bits per heavy atom. The second-order valence-corrected chi connectivity index (χ2v) is 9.88. The summed E-state index contributed by atoms with van der Waals surface area (Å²) in [5, 5.41) is 13.1. The van der Waals surface area contributed by atoms with Gasteiger partial charge in [0.15, 0.2) is 5.78 Å². The number of nitrogens with zero attached hydrogens (tertiary/aromatic N) is 2. The van der Waals surface area contributed by atoms with Gasteiger partial charge in [0.1, 0.15) is 23.1 Å². The fourth-order valence-electron chi connectivity index (χ4n) is 5.57. The van der Waals surface area contributed by atoms with E-state index >= 15 is 0 Å². The van der Waals surface area contributed by atoms with Gasteiger partial charge < -0.3 is 11.1 Å². The van der Waals surface area contributed by atoms with E-state index < -0.39 is 17.1 Å². The molecule has 1 aliphatic carbocycles. The Hall–Kier alpha value is -3.92. The lowest BCUT2D eigenvalue weighted by molar-refractivity contribution is -0.123. The Bertz CT molecular complexity index is 1360. The maximum Gasteiger partial charge on any atom is 0.245 e.